The van der Waals surface area contributed by atoms with Crippen LogP contribution in [0.4, 0.5) is 0 Å². The van der Waals surface area contributed by atoms with E-state index < -0.39 is 15.6 Å². The van der Waals surface area contributed by atoms with Gasteiger partial charge in [-0.1, -0.05) is 18.2 Å². The fourth-order valence-corrected chi connectivity index (χ4v) is 4.27. The molecule has 19 heavy (non-hydrogen) atoms. The molecule has 1 aliphatic heterocycles. The minimum absolute atomic E-state index is 0.211. The molecule has 1 fully saturated rings. The van der Waals surface area contributed by atoms with Crippen LogP contribution in [0.25, 0.3) is 0 Å². The number of sulfonamides is 1. The van der Waals surface area contributed by atoms with Crippen LogP contribution in [0, 0.1) is 0 Å². The lowest BCUT2D eigenvalue weighted by Gasteiger charge is -2.48. The van der Waals surface area contributed by atoms with Crippen molar-refractivity contribution in [3.63, 3.8) is 0 Å². The van der Waals surface area contributed by atoms with Crippen LogP contribution in [0.15, 0.2) is 35.2 Å². The summed E-state index contributed by atoms with van der Waals surface area (Å²) in [5, 5.41) is 3.40. The van der Waals surface area contributed by atoms with Gasteiger partial charge in [-0.3, -0.25) is 0 Å². The molecule has 0 atom stereocenters. The van der Waals surface area contributed by atoms with Gasteiger partial charge in [0.15, 0.2) is 0 Å². The molecule has 0 bridgehead atoms. The molecule has 0 aliphatic carbocycles. The summed E-state index contributed by atoms with van der Waals surface area (Å²) in [7, 11) is -3.45. The zero-order valence-electron chi connectivity index (χ0n) is 12.0. The number of hydrogen-bond acceptors (Lipinski definition) is 3. The van der Waals surface area contributed by atoms with Gasteiger partial charge in [-0.2, -0.15) is 4.31 Å². The summed E-state index contributed by atoms with van der Waals surface area (Å²) in [5.41, 5.74) is -0.637. The Morgan fingerprint density at radius 3 is 2.26 bits per heavy atom. The average molecular weight is 282 g/mol. The Hall–Kier alpha value is -0.910. The Bertz CT molecular complexity index is 550. The Balaban J connectivity index is 2.43. The van der Waals surface area contributed by atoms with Crippen LogP contribution in [0.1, 0.15) is 27.7 Å². The first-order valence-corrected chi connectivity index (χ1v) is 7.92. The summed E-state index contributed by atoms with van der Waals surface area (Å²) in [5.74, 6) is 0. The molecule has 106 valence electrons. The van der Waals surface area contributed by atoms with Crippen molar-refractivity contribution in [2.24, 2.45) is 0 Å². The van der Waals surface area contributed by atoms with E-state index >= 15 is 0 Å². The lowest BCUT2D eigenvalue weighted by Crippen LogP contribution is -2.67. The monoisotopic (exact) mass is 282 g/mol. The minimum atomic E-state index is -3.45. The summed E-state index contributed by atoms with van der Waals surface area (Å²) in [4.78, 5) is 0.362. The second-order valence-corrected chi connectivity index (χ2v) is 8.24. The van der Waals surface area contributed by atoms with Crippen molar-refractivity contribution in [2.45, 2.75) is 43.7 Å². The maximum Gasteiger partial charge on any atom is 0.243 e. The van der Waals surface area contributed by atoms with E-state index in [0.29, 0.717) is 18.0 Å². The second kappa shape index (κ2) is 4.58. The molecule has 0 amide bonds. The lowest BCUT2D eigenvalue weighted by molar-refractivity contribution is 0.116. The fourth-order valence-electron chi connectivity index (χ4n) is 2.30. The largest absolute Gasteiger partial charge is 0.309 e. The van der Waals surface area contributed by atoms with E-state index in [-0.39, 0.29) is 5.54 Å². The SMILES string of the molecule is CC1(C)CN(S(=O)(=O)c2ccccc2)C(C)(C)CN1. The van der Waals surface area contributed by atoms with E-state index in [1.54, 1.807) is 28.6 Å². The first-order valence-electron chi connectivity index (χ1n) is 6.48. The summed E-state index contributed by atoms with van der Waals surface area (Å²) >= 11 is 0. The zero-order valence-corrected chi connectivity index (χ0v) is 12.8. The Morgan fingerprint density at radius 1 is 1.11 bits per heavy atom. The lowest BCUT2D eigenvalue weighted by atomic mass is 9.94. The quantitative estimate of drug-likeness (QED) is 0.900. The van der Waals surface area contributed by atoms with Gasteiger partial charge < -0.3 is 5.32 Å². The molecular formula is C14H22N2O2S. The van der Waals surface area contributed by atoms with Gasteiger partial charge in [0.05, 0.1) is 4.90 Å². The molecule has 0 spiro atoms. The van der Waals surface area contributed by atoms with Crippen molar-refractivity contribution < 1.29 is 8.42 Å². The molecule has 2 rings (SSSR count). The molecule has 0 radical (unpaired) electrons. The standard InChI is InChI=1S/C14H22N2O2S/c1-13(2)11-16(14(3,4)10-15-13)19(17,18)12-8-6-5-7-9-12/h5-9,15H,10-11H2,1-4H3. The summed E-state index contributed by atoms with van der Waals surface area (Å²) in [6.07, 6.45) is 0. The van der Waals surface area contributed by atoms with Crippen molar-refractivity contribution in [2.75, 3.05) is 13.1 Å². The third-order valence-corrected chi connectivity index (χ3v) is 5.62. The number of nitrogens with one attached hydrogen (secondary N) is 1. The Morgan fingerprint density at radius 2 is 1.68 bits per heavy atom. The van der Waals surface area contributed by atoms with Gasteiger partial charge in [0, 0.05) is 24.2 Å². The molecule has 0 unspecified atom stereocenters. The van der Waals surface area contributed by atoms with Crippen molar-refractivity contribution in [3.8, 4) is 0 Å². The third kappa shape index (κ3) is 2.83. The minimum Gasteiger partial charge on any atom is -0.309 e. The smallest absolute Gasteiger partial charge is 0.243 e. The van der Waals surface area contributed by atoms with Crippen molar-refractivity contribution in [1.82, 2.24) is 9.62 Å². The van der Waals surface area contributed by atoms with Gasteiger partial charge in [-0.15, -0.1) is 0 Å². The normalized spacial score (nSPS) is 23.2. The number of nitrogens with zero attached hydrogens (tertiary/aromatic N) is 1. The molecule has 5 heteroatoms. The maximum atomic E-state index is 12.8. The van der Waals surface area contributed by atoms with Crippen LogP contribution < -0.4 is 5.32 Å². The van der Waals surface area contributed by atoms with Crippen molar-refractivity contribution >= 4 is 10.0 Å². The van der Waals surface area contributed by atoms with Crippen molar-refractivity contribution in [1.29, 1.82) is 0 Å². The first kappa shape index (κ1) is 14.5. The van der Waals surface area contributed by atoms with Crippen LogP contribution in [0.2, 0.25) is 0 Å². The van der Waals surface area contributed by atoms with Gasteiger partial charge >= 0.3 is 0 Å². The van der Waals surface area contributed by atoms with Gasteiger partial charge in [-0.25, -0.2) is 8.42 Å². The highest BCUT2D eigenvalue weighted by Crippen LogP contribution is 2.29. The molecule has 1 aliphatic rings. The number of piperazine rings is 1. The number of rotatable bonds is 2. The number of hydrogen-bond donors (Lipinski definition) is 1. The highest BCUT2D eigenvalue weighted by molar-refractivity contribution is 7.89. The van der Waals surface area contributed by atoms with Gasteiger partial charge in [0.25, 0.3) is 0 Å². The van der Waals surface area contributed by atoms with E-state index in [0.717, 1.165) is 0 Å². The predicted octanol–water partition coefficient (Wildman–Crippen LogP) is 1.84. The van der Waals surface area contributed by atoms with Gasteiger partial charge in [-0.05, 0) is 39.8 Å². The summed E-state index contributed by atoms with van der Waals surface area (Å²) in [6, 6.07) is 8.65. The fraction of sp³-hybridized carbons (Fsp3) is 0.571. The van der Waals surface area contributed by atoms with E-state index in [4.69, 9.17) is 0 Å². The number of benzene rings is 1. The average Bonchev–Trinajstić information content (AvgIpc) is 2.34. The van der Waals surface area contributed by atoms with Gasteiger partial charge in [0.1, 0.15) is 0 Å². The molecule has 1 saturated heterocycles. The molecule has 4 nitrogen and oxygen atoms in total. The second-order valence-electron chi connectivity index (χ2n) is 6.37. The molecule has 0 aromatic heterocycles. The van der Waals surface area contributed by atoms with Crippen LogP contribution >= 0.6 is 0 Å². The zero-order chi connectivity index (χ0) is 14.3. The summed E-state index contributed by atoms with van der Waals surface area (Å²) in [6.45, 7) is 9.07. The molecule has 1 N–H and O–H groups in total. The predicted molar refractivity (Wildman–Crippen MR) is 76.5 cm³/mol. The molecule has 1 heterocycles. The van der Waals surface area contributed by atoms with Crippen LogP contribution in [0.3, 0.4) is 0 Å². The Labute approximate surface area is 115 Å². The molecular weight excluding hydrogens is 260 g/mol. The van der Waals surface area contributed by atoms with Crippen LogP contribution in [-0.2, 0) is 10.0 Å². The van der Waals surface area contributed by atoms with E-state index in [1.165, 1.54) is 0 Å². The van der Waals surface area contributed by atoms with E-state index in [9.17, 15) is 8.42 Å². The van der Waals surface area contributed by atoms with Crippen LogP contribution in [-0.4, -0.2) is 36.9 Å². The molecule has 1 aromatic carbocycles. The van der Waals surface area contributed by atoms with E-state index in [1.807, 2.05) is 33.8 Å². The van der Waals surface area contributed by atoms with E-state index in [2.05, 4.69) is 5.32 Å². The molecule has 0 saturated carbocycles. The topological polar surface area (TPSA) is 49.4 Å². The van der Waals surface area contributed by atoms with Gasteiger partial charge in [0.2, 0.25) is 10.0 Å². The van der Waals surface area contributed by atoms with Crippen LogP contribution in [0.5, 0.6) is 0 Å². The summed E-state index contributed by atoms with van der Waals surface area (Å²) < 4.78 is 27.2. The third-order valence-electron chi connectivity index (χ3n) is 3.54. The molecule has 1 aromatic rings. The highest BCUT2D eigenvalue weighted by Gasteiger charge is 2.44. The van der Waals surface area contributed by atoms with Crippen molar-refractivity contribution in [3.05, 3.63) is 30.3 Å². The highest BCUT2D eigenvalue weighted by atomic mass is 32.2. The first-order chi connectivity index (χ1) is 8.65. The maximum absolute atomic E-state index is 12.8. The Kier molecular flexibility index (Phi) is 3.49.